The van der Waals surface area contributed by atoms with E-state index in [0.717, 1.165) is 26.1 Å². The lowest BCUT2D eigenvalue weighted by Gasteiger charge is -2.42. The van der Waals surface area contributed by atoms with Crippen LogP contribution in [-0.2, 0) is 10.0 Å². The first-order valence-electron chi connectivity index (χ1n) is 6.22. The van der Waals surface area contributed by atoms with Crippen molar-refractivity contribution in [1.29, 1.82) is 0 Å². The van der Waals surface area contributed by atoms with E-state index in [1.165, 1.54) is 0 Å². The number of rotatable bonds is 5. The second kappa shape index (κ2) is 7.05. The summed E-state index contributed by atoms with van der Waals surface area (Å²) in [7, 11) is -3.06. The number of nitrogens with two attached hydrogens (primary N) is 1. The van der Waals surface area contributed by atoms with Crippen LogP contribution in [0.15, 0.2) is 0 Å². The molecule has 1 aliphatic rings. The molecule has 1 saturated heterocycles. The van der Waals surface area contributed by atoms with Gasteiger partial charge in [-0.25, -0.2) is 13.1 Å². The molecule has 0 aromatic carbocycles. The lowest BCUT2D eigenvalue weighted by Crippen LogP contribution is -2.53. The predicted molar refractivity (Wildman–Crippen MR) is 77.5 cm³/mol. The van der Waals surface area contributed by atoms with E-state index in [1.54, 1.807) is 6.92 Å². The fourth-order valence-electron chi connectivity index (χ4n) is 2.14. The van der Waals surface area contributed by atoms with Gasteiger partial charge in [0.1, 0.15) is 0 Å². The Bertz CT molecular complexity index is 346. The third-order valence-electron chi connectivity index (χ3n) is 3.52. The highest BCUT2D eigenvalue weighted by Gasteiger charge is 2.32. The molecule has 0 radical (unpaired) electrons. The van der Waals surface area contributed by atoms with Gasteiger partial charge in [0.05, 0.1) is 5.75 Å². The van der Waals surface area contributed by atoms with E-state index in [-0.39, 0.29) is 29.6 Å². The highest BCUT2D eigenvalue weighted by Crippen LogP contribution is 2.27. The second-order valence-corrected chi connectivity index (χ2v) is 7.55. The topological polar surface area (TPSA) is 75.4 Å². The summed E-state index contributed by atoms with van der Waals surface area (Å²) in [5.74, 6) is 0.142. The molecule has 3 N–H and O–H groups in total. The van der Waals surface area contributed by atoms with Gasteiger partial charge in [0.25, 0.3) is 0 Å². The van der Waals surface area contributed by atoms with Gasteiger partial charge in [0.15, 0.2) is 0 Å². The Morgan fingerprint density at radius 1 is 1.44 bits per heavy atom. The lowest BCUT2D eigenvalue weighted by atomic mass is 9.80. The van der Waals surface area contributed by atoms with Crippen LogP contribution in [0.2, 0.25) is 0 Å². The number of piperidine rings is 1. The summed E-state index contributed by atoms with van der Waals surface area (Å²) in [4.78, 5) is 2.28. The van der Waals surface area contributed by atoms with Crippen LogP contribution >= 0.6 is 12.4 Å². The molecule has 1 heterocycles. The van der Waals surface area contributed by atoms with Gasteiger partial charge in [0.2, 0.25) is 10.0 Å². The van der Waals surface area contributed by atoms with Crippen molar-refractivity contribution in [3.05, 3.63) is 0 Å². The number of likely N-dealkylation sites (tertiary alicyclic amines) is 1. The molecule has 110 valence electrons. The Morgan fingerprint density at radius 2 is 2.06 bits per heavy atom. The number of nitrogens with one attached hydrogen (secondary N) is 1. The standard InChI is InChI=1S/C11H25N3O2S.ClH/c1-4-17(15,16)13-6-8-14-7-5-10(12)11(2,3)9-14;/h10,13H,4-9,12H2,1-3H3;1H. The molecule has 1 atom stereocenters. The molecule has 0 spiro atoms. The Labute approximate surface area is 117 Å². The molecule has 1 unspecified atom stereocenters. The van der Waals surface area contributed by atoms with Crippen molar-refractivity contribution in [2.45, 2.75) is 33.2 Å². The fourth-order valence-corrected chi connectivity index (χ4v) is 2.74. The van der Waals surface area contributed by atoms with Crippen LogP contribution in [0.4, 0.5) is 0 Å². The molecule has 0 bridgehead atoms. The third-order valence-corrected chi connectivity index (χ3v) is 4.93. The molecule has 18 heavy (non-hydrogen) atoms. The van der Waals surface area contributed by atoms with Crippen LogP contribution in [0.5, 0.6) is 0 Å². The van der Waals surface area contributed by atoms with Crippen LogP contribution in [0.25, 0.3) is 0 Å². The minimum atomic E-state index is -3.06. The molecule has 0 aromatic rings. The van der Waals surface area contributed by atoms with Crippen molar-refractivity contribution < 1.29 is 8.42 Å². The quantitative estimate of drug-likeness (QED) is 0.771. The average molecular weight is 300 g/mol. The summed E-state index contributed by atoms with van der Waals surface area (Å²) in [6.07, 6.45) is 0.980. The molecule has 0 aromatic heterocycles. The van der Waals surface area contributed by atoms with Crippen LogP contribution in [0, 0.1) is 5.41 Å². The smallest absolute Gasteiger partial charge is 0.211 e. The van der Waals surface area contributed by atoms with E-state index in [2.05, 4.69) is 23.5 Å². The number of sulfonamides is 1. The Kier molecular flexibility index (Phi) is 7.10. The summed E-state index contributed by atoms with van der Waals surface area (Å²) < 4.78 is 25.1. The van der Waals surface area contributed by atoms with E-state index in [0.29, 0.717) is 6.54 Å². The van der Waals surface area contributed by atoms with Crippen molar-refractivity contribution in [2.75, 3.05) is 31.9 Å². The third kappa shape index (κ3) is 5.40. The minimum Gasteiger partial charge on any atom is -0.327 e. The molecule has 0 amide bonds. The van der Waals surface area contributed by atoms with Gasteiger partial charge in [-0.2, -0.15) is 0 Å². The first kappa shape index (κ1) is 18.1. The van der Waals surface area contributed by atoms with Gasteiger partial charge in [-0.1, -0.05) is 13.8 Å². The normalized spacial score (nSPS) is 24.6. The summed E-state index contributed by atoms with van der Waals surface area (Å²) in [6, 6.07) is 0.242. The zero-order chi connectivity index (χ0) is 13.1. The van der Waals surface area contributed by atoms with Crippen molar-refractivity contribution in [3.63, 3.8) is 0 Å². The van der Waals surface area contributed by atoms with E-state index in [1.807, 2.05) is 0 Å². The van der Waals surface area contributed by atoms with Crippen molar-refractivity contribution in [1.82, 2.24) is 9.62 Å². The van der Waals surface area contributed by atoms with E-state index in [4.69, 9.17) is 5.73 Å². The van der Waals surface area contributed by atoms with Gasteiger partial charge in [-0.3, -0.25) is 0 Å². The molecule has 1 aliphatic heterocycles. The first-order valence-corrected chi connectivity index (χ1v) is 7.87. The second-order valence-electron chi connectivity index (χ2n) is 5.46. The molecule has 7 heteroatoms. The summed E-state index contributed by atoms with van der Waals surface area (Å²) >= 11 is 0. The molecular weight excluding hydrogens is 274 g/mol. The molecule has 0 aliphatic carbocycles. The molecule has 5 nitrogen and oxygen atoms in total. The number of halogens is 1. The van der Waals surface area contributed by atoms with Gasteiger partial charge >= 0.3 is 0 Å². The Balaban J connectivity index is 0.00000289. The largest absolute Gasteiger partial charge is 0.327 e. The Hall–Kier alpha value is 0.120. The van der Waals surface area contributed by atoms with Gasteiger partial charge in [0, 0.05) is 25.7 Å². The maximum atomic E-state index is 11.3. The highest BCUT2D eigenvalue weighted by atomic mass is 35.5. The van der Waals surface area contributed by atoms with Crippen LogP contribution in [-0.4, -0.2) is 51.3 Å². The summed E-state index contributed by atoms with van der Waals surface area (Å²) in [5, 5.41) is 0. The molecule has 1 fully saturated rings. The monoisotopic (exact) mass is 299 g/mol. The number of nitrogens with zero attached hydrogens (tertiary/aromatic N) is 1. The van der Waals surface area contributed by atoms with Crippen molar-refractivity contribution in [3.8, 4) is 0 Å². The van der Waals surface area contributed by atoms with Crippen molar-refractivity contribution in [2.24, 2.45) is 11.1 Å². The number of hydrogen-bond acceptors (Lipinski definition) is 4. The van der Waals surface area contributed by atoms with Crippen LogP contribution in [0.1, 0.15) is 27.2 Å². The van der Waals surface area contributed by atoms with E-state index in [9.17, 15) is 8.42 Å². The van der Waals surface area contributed by atoms with E-state index < -0.39 is 10.0 Å². The van der Waals surface area contributed by atoms with Crippen LogP contribution < -0.4 is 10.5 Å². The number of hydrogen-bond donors (Lipinski definition) is 2. The van der Waals surface area contributed by atoms with Gasteiger partial charge in [-0.05, 0) is 25.3 Å². The fraction of sp³-hybridized carbons (Fsp3) is 1.00. The SMILES string of the molecule is CCS(=O)(=O)NCCN1CCC(N)C(C)(C)C1.Cl. The Morgan fingerprint density at radius 3 is 2.56 bits per heavy atom. The maximum absolute atomic E-state index is 11.3. The van der Waals surface area contributed by atoms with E-state index >= 15 is 0 Å². The molecule has 0 saturated carbocycles. The minimum absolute atomic E-state index is 0. The highest BCUT2D eigenvalue weighted by molar-refractivity contribution is 7.89. The molecular formula is C11H26ClN3O2S. The zero-order valence-electron chi connectivity index (χ0n) is 11.5. The zero-order valence-corrected chi connectivity index (χ0v) is 13.1. The van der Waals surface area contributed by atoms with Crippen LogP contribution in [0.3, 0.4) is 0 Å². The summed E-state index contributed by atoms with van der Waals surface area (Å²) in [6.45, 7) is 9.11. The average Bonchev–Trinajstić information content (AvgIpc) is 2.23. The molecule has 1 rings (SSSR count). The van der Waals surface area contributed by atoms with Crippen molar-refractivity contribution >= 4 is 22.4 Å². The predicted octanol–water partition coefficient (Wildman–Crippen LogP) is 0.407. The lowest BCUT2D eigenvalue weighted by molar-refractivity contribution is 0.0974. The van der Waals surface area contributed by atoms with Gasteiger partial charge < -0.3 is 10.6 Å². The summed E-state index contributed by atoms with van der Waals surface area (Å²) in [5.41, 5.74) is 6.17. The van der Waals surface area contributed by atoms with Gasteiger partial charge in [-0.15, -0.1) is 12.4 Å². The first-order chi connectivity index (χ1) is 7.77. The maximum Gasteiger partial charge on any atom is 0.211 e.